The molecule has 0 fully saturated rings. The lowest BCUT2D eigenvalue weighted by molar-refractivity contribution is 1.07. The van der Waals surface area contributed by atoms with Crippen molar-refractivity contribution < 1.29 is 0 Å². The molecule has 0 unspecified atom stereocenters. The molecule has 18 aromatic rings. The molecule has 18 rings (SSSR count). The van der Waals surface area contributed by atoms with E-state index >= 15 is 0 Å². The lowest BCUT2D eigenvalue weighted by atomic mass is 9.99. The van der Waals surface area contributed by atoms with Gasteiger partial charge in [0.05, 0.1) is 79.3 Å². The summed E-state index contributed by atoms with van der Waals surface area (Å²) in [4.78, 5) is 26.1. The smallest absolute Gasteiger partial charge is 0.164 e. The number of aromatic nitrogens is 9. The highest BCUT2D eigenvalue weighted by Crippen LogP contribution is 2.45. The second-order valence-electron chi connectivity index (χ2n) is 22.4. The highest BCUT2D eigenvalue weighted by atomic mass is 15.1. The summed E-state index contributed by atoms with van der Waals surface area (Å²) in [7, 11) is 0. The zero-order valence-electron chi connectivity index (χ0n) is 47.3. The Morgan fingerprint density at radius 3 is 0.761 bits per heavy atom. The van der Waals surface area contributed by atoms with E-state index in [1.165, 1.54) is 21.5 Å². The van der Waals surface area contributed by atoms with Gasteiger partial charge >= 0.3 is 0 Å². The van der Waals surface area contributed by atoms with E-state index in [1.807, 2.05) is 43.0 Å². The minimum Gasteiger partial charge on any atom is -0.309 e. The second-order valence-corrected chi connectivity index (χ2v) is 22.4. The fourth-order valence-corrected chi connectivity index (χ4v) is 13.8. The molecule has 0 radical (unpaired) electrons. The molecule has 410 valence electrons. The minimum atomic E-state index is 0.542. The van der Waals surface area contributed by atoms with Crippen LogP contribution in [-0.4, -0.2) is 43.2 Å². The zero-order valence-corrected chi connectivity index (χ0v) is 47.3. The normalized spacial score (nSPS) is 11.9. The number of fused-ring (bicyclic) bond motifs is 12. The Kier molecular flexibility index (Phi) is 11.1. The first-order valence-electron chi connectivity index (χ1n) is 29.6. The maximum absolute atomic E-state index is 5.58. The van der Waals surface area contributed by atoms with Crippen molar-refractivity contribution in [2.24, 2.45) is 0 Å². The van der Waals surface area contributed by atoms with Crippen LogP contribution in [0.3, 0.4) is 0 Å². The topological polar surface area (TPSA) is 84.2 Å². The van der Waals surface area contributed by atoms with Crippen molar-refractivity contribution in [1.29, 1.82) is 0 Å². The molecular formula is C79H49N9. The molecular weight excluding hydrogens is 1070 g/mol. The van der Waals surface area contributed by atoms with Gasteiger partial charge in [-0.2, -0.15) is 0 Å². The summed E-state index contributed by atoms with van der Waals surface area (Å²) in [6, 6.07) is 97.2. The van der Waals surface area contributed by atoms with Crippen molar-refractivity contribution in [3.05, 3.63) is 298 Å². The van der Waals surface area contributed by atoms with Gasteiger partial charge in [-0.3, -0.25) is 9.97 Å². The standard InChI is InChI=1S/C79H49N9/c1-2-20-50(21-3-1)77-82-78(51-38-40-61(73(46-51)85-65-30-12-4-22-53(65)54-23-5-13-31-66(54)85)63-42-44-80-48-75(63)87-69-34-16-8-26-57(69)58-27-9-17-35-70(58)87)84-79(83-77)52-39-41-62(74(47-52)86-67-32-14-6-24-55(67)56-25-7-15-33-68(56)86)64-43-45-81-49-76(64)88-71-36-18-10-28-59(71)60-29-11-19-37-72(60)88/h1-49H. The van der Waals surface area contributed by atoms with Gasteiger partial charge in [-0.25, -0.2) is 15.0 Å². The lowest BCUT2D eigenvalue weighted by Crippen LogP contribution is -2.05. The fraction of sp³-hybridized carbons (Fsp3) is 0. The summed E-state index contributed by atoms with van der Waals surface area (Å²) in [5, 5.41) is 9.39. The molecule has 7 aromatic heterocycles. The number of benzene rings is 11. The average molecular weight is 1120 g/mol. The predicted octanol–water partition coefficient (Wildman–Crippen LogP) is 19.4. The molecule has 0 aliphatic heterocycles. The molecule has 11 aromatic carbocycles. The Balaban J connectivity index is 0.887. The van der Waals surface area contributed by atoms with Crippen molar-refractivity contribution in [3.63, 3.8) is 0 Å². The van der Waals surface area contributed by atoms with Gasteiger partial charge in [0.15, 0.2) is 17.5 Å². The van der Waals surface area contributed by atoms with Gasteiger partial charge in [0, 0.05) is 94.4 Å². The average Bonchev–Trinajstić information content (AvgIpc) is 2.19. The van der Waals surface area contributed by atoms with Crippen LogP contribution < -0.4 is 0 Å². The Bertz CT molecular complexity index is 5300. The van der Waals surface area contributed by atoms with Crippen molar-refractivity contribution >= 4 is 87.2 Å². The first kappa shape index (κ1) is 49.4. The maximum atomic E-state index is 5.58. The lowest BCUT2D eigenvalue weighted by Gasteiger charge is -2.20. The van der Waals surface area contributed by atoms with Gasteiger partial charge < -0.3 is 18.3 Å². The van der Waals surface area contributed by atoms with Crippen LogP contribution in [0.4, 0.5) is 0 Å². The van der Waals surface area contributed by atoms with Gasteiger partial charge in [0.1, 0.15) is 0 Å². The molecule has 0 amide bonds. The highest BCUT2D eigenvalue weighted by molar-refractivity contribution is 6.14. The Morgan fingerprint density at radius 2 is 0.455 bits per heavy atom. The van der Waals surface area contributed by atoms with Gasteiger partial charge in [0.2, 0.25) is 0 Å². The zero-order chi connectivity index (χ0) is 57.8. The molecule has 0 saturated heterocycles. The molecule has 0 saturated carbocycles. The highest BCUT2D eigenvalue weighted by Gasteiger charge is 2.25. The molecule has 0 bridgehead atoms. The third-order valence-electron chi connectivity index (χ3n) is 17.6. The van der Waals surface area contributed by atoms with Crippen LogP contribution >= 0.6 is 0 Å². The number of hydrogen-bond acceptors (Lipinski definition) is 5. The van der Waals surface area contributed by atoms with Crippen LogP contribution in [0.5, 0.6) is 0 Å². The van der Waals surface area contributed by atoms with E-state index in [2.05, 4.69) is 273 Å². The number of hydrogen-bond donors (Lipinski definition) is 0. The SMILES string of the molecule is c1ccc(-c2nc(-c3ccc(-c4ccncc4-n4c5ccccc5c5ccccc54)c(-n4c5ccccc5c5ccccc54)c3)nc(-c3ccc(-c4ccncc4-n4c5ccccc5c5ccccc54)c(-n4c5ccccc5c5ccccc54)c3)n2)cc1. The molecule has 0 aliphatic carbocycles. The Morgan fingerprint density at radius 1 is 0.205 bits per heavy atom. The van der Waals surface area contributed by atoms with E-state index in [9.17, 15) is 0 Å². The minimum absolute atomic E-state index is 0.542. The first-order valence-corrected chi connectivity index (χ1v) is 29.6. The largest absolute Gasteiger partial charge is 0.309 e. The summed E-state index contributed by atoms with van der Waals surface area (Å²) in [6.07, 6.45) is 7.81. The number of para-hydroxylation sites is 8. The third kappa shape index (κ3) is 7.57. The third-order valence-corrected chi connectivity index (χ3v) is 17.6. The van der Waals surface area contributed by atoms with Crippen LogP contribution in [0.25, 0.3) is 166 Å². The van der Waals surface area contributed by atoms with Crippen molar-refractivity contribution in [2.75, 3.05) is 0 Å². The fourth-order valence-electron chi connectivity index (χ4n) is 13.8. The summed E-state index contributed by atoms with van der Waals surface area (Å²) < 4.78 is 9.53. The van der Waals surface area contributed by atoms with Gasteiger partial charge in [-0.15, -0.1) is 0 Å². The van der Waals surface area contributed by atoms with E-state index in [4.69, 9.17) is 24.9 Å². The number of rotatable bonds is 9. The molecule has 0 aliphatic rings. The van der Waals surface area contributed by atoms with E-state index < -0.39 is 0 Å². The van der Waals surface area contributed by atoms with Crippen LogP contribution in [0.1, 0.15) is 0 Å². The molecule has 9 nitrogen and oxygen atoms in total. The summed E-state index contributed by atoms with van der Waals surface area (Å²) in [6.45, 7) is 0. The molecule has 0 N–H and O–H groups in total. The molecule has 0 atom stereocenters. The second kappa shape index (κ2) is 19.8. The van der Waals surface area contributed by atoms with E-state index in [1.54, 1.807) is 0 Å². The van der Waals surface area contributed by atoms with E-state index in [0.29, 0.717) is 17.5 Å². The van der Waals surface area contributed by atoms with Crippen LogP contribution in [-0.2, 0) is 0 Å². The Labute approximate surface area is 504 Å². The van der Waals surface area contributed by atoms with Crippen LogP contribution in [0.15, 0.2) is 298 Å². The van der Waals surface area contributed by atoms with Crippen molar-refractivity contribution in [2.45, 2.75) is 0 Å². The van der Waals surface area contributed by atoms with E-state index in [-0.39, 0.29) is 0 Å². The monoisotopic (exact) mass is 1120 g/mol. The number of nitrogens with zero attached hydrogens (tertiary/aromatic N) is 9. The first-order chi connectivity index (χ1) is 43.7. The predicted molar refractivity (Wildman–Crippen MR) is 360 cm³/mol. The summed E-state index contributed by atoms with van der Waals surface area (Å²) in [5.74, 6) is 1.65. The number of pyridine rings is 2. The quantitative estimate of drug-likeness (QED) is 0.144. The van der Waals surface area contributed by atoms with E-state index in [0.717, 1.165) is 127 Å². The molecule has 7 heterocycles. The summed E-state index contributed by atoms with van der Waals surface area (Å²) in [5.41, 5.74) is 19.3. The summed E-state index contributed by atoms with van der Waals surface area (Å²) >= 11 is 0. The van der Waals surface area contributed by atoms with Crippen molar-refractivity contribution in [1.82, 2.24) is 43.2 Å². The molecule has 0 spiro atoms. The van der Waals surface area contributed by atoms with Gasteiger partial charge in [-0.05, 0) is 72.8 Å². The van der Waals surface area contributed by atoms with Crippen LogP contribution in [0, 0.1) is 0 Å². The van der Waals surface area contributed by atoms with Crippen LogP contribution in [0.2, 0.25) is 0 Å². The van der Waals surface area contributed by atoms with Crippen molar-refractivity contribution in [3.8, 4) is 79.2 Å². The Hall–Kier alpha value is -12.1. The van der Waals surface area contributed by atoms with Gasteiger partial charge in [0.25, 0.3) is 0 Å². The van der Waals surface area contributed by atoms with Gasteiger partial charge in [-0.1, -0.05) is 200 Å². The molecule has 88 heavy (non-hydrogen) atoms. The maximum Gasteiger partial charge on any atom is 0.164 e. The molecule has 9 heteroatoms.